The van der Waals surface area contributed by atoms with Gasteiger partial charge >= 0.3 is 0 Å². The Labute approximate surface area is 236 Å². The molecule has 0 fully saturated rings. The second kappa shape index (κ2) is 11.3. The standard InChI is InChI=1S/C24H26O2S8/c1-3-5-7-25-17-13-9-27-19-21-30-12-16-14(17)10-28-20-22(34-24(32-20)23(31-19)33-21)29-11-15(13)18(16)26-8-6-4-2/h3-12H2,1-2H3. The Morgan fingerprint density at radius 2 is 0.824 bits per heavy atom. The Morgan fingerprint density at radius 3 is 1.12 bits per heavy atom. The molecule has 0 saturated carbocycles. The lowest BCUT2D eigenvalue weighted by atomic mass is 9.97. The van der Waals surface area contributed by atoms with Gasteiger partial charge in [-0.1, -0.05) is 73.7 Å². The van der Waals surface area contributed by atoms with Crippen LogP contribution < -0.4 is 9.47 Å². The van der Waals surface area contributed by atoms with Gasteiger partial charge in [0, 0.05) is 45.3 Å². The number of hydrogen-bond donors (Lipinski definition) is 0. The molecule has 9 rings (SSSR count). The van der Waals surface area contributed by atoms with Crippen LogP contribution in [-0.2, 0) is 23.0 Å². The van der Waals surface area contributed by atoms with Crippen LogP contribution in [0.3, 0.4) is 0 Å². The lowest BCUT2D eigenvalue weighted by molar-refractivity contribution is 0.293. The molecule has 0 amide bonds. The van der Waals surface area contributed by atoms with Crippen LogP contribution in [0.1, 0.15) is 61.8 Å². The first-order valence-corrected chi connectivity index (χ1v) is 18.9. The molecule has 2 nitrogen and oxygen atoms in total. The molecule has 1 aromatic rings. The molecule has 10 bridgehead atoms. The zero-order chi connectivity index (χ0) is 23.1. The zero-order valence-corrected chi connectivity index (χ0v) is 25.7. The zero-order valence-electron chi connectivity index (χ0n) is 19.2. The third-order valence-corrected chi connectivity index (χ3v) is 17.6. The quantitative estimate of drug-likeness (QED) is 0.266. The van der Waals surface area contributed by atoms with Crippen molar-refractivity contribution in [1.82, 2.24) is 0 Å². The van der Waals surface area contributed by atoms with E-state index in [1.165, 1.54) is 59.2 Å². The molecule has 0 aliphatic carbocycles. The van der Waals surface area contributed by atoms with Gasteiger partial charge in [-0.3, -0.25) is 0 Å². The summed E-state index contributed by atoms with van der Waals surface area (Å²) in [5.74, 6) is 6.19. The average molecular weight is 603 g/mol. The fourth-order valence-electron chi connectivity index (χ4n) is 4.12. The van der Waals surface area contributed by atoms with Gasteiger partial charge in [0.05, 0.1) is 38.6 Å². The normalized spacial score (nSPS) is 20.8. The lowest BCUT2D eigenvalue weighted by Gasteiger charge is -2.28. The summed E-state index contributed by atoms with van der Waals surface area (Å²) < 4.78 is 22.3. The summed E-state index contributed by atoms with van der Waals surface area (Å²) in [6, 6.07) is 0. The number of hydrogen-bond acceptors (Lipinski definition) is 10. The van der Waals surface area contributed by atoms with E-state index in [0.717, 1.165) is 61.9 Å². The fraction of sp³-hybridized carbons (Fsp3) is 0.500. The maximum atomic E-state index is 6.68. The first kappa shape index (κ1) is 25.1. The van der Waals surface area contributed by atoms with Gasteiger partial charge in [-0.2, -0.15) is 0 Å². The minimum Gasteiger partial charge on any atom is -0.493 e. The number of thioether (sulfide) groups is 8. The van der Waals surface area contributed by atoms with Crippen LogP contribution in [0.25, 0.3) is 0 Å². The van der Waals surface area contributed by atoms with E-state index in [1.807, 2.05) is 94.1 Å². The molecule has 1 aromatic carbocycles. The van der Waals surface area contributed by atoms with Crippen LogP contribution in [0.2, 0.25) is 0 Å². The molecule has 8 aliphatic rings. The molecular formula is C24H26O2S8. The van der Waals surface area contributed by atoms with Crippen molar-refractivity contribution >= 4 is 94.1 Å². The van der Waals surface area contributed by atoms with Gasteiger partial charge in [0.1, 0.15) is 11.5 Å². The highest BCUT2D eigenvalue weighted by Gasteiger charge is 2.37. The molecule has 0 atom stereocenters. The van der Waals surface area contributed by atoms with Crippen LogP contribution in [0.15, 0.2) is 25.4 Å². The van der Waals surface area contributed by atoms with Crippen molar-refractivity contribution in [1.29, 1.82) is 0 Å². The van der Waals surface area contributed by atoms with Crippen molar-refractivity contribution in [2.45, 2.75) is 62.5 Å². The lowest BCUT2D eigenvalue weighted by Crippen LogP contribution is -2.13. The number of rotatable bonds is 8. The second-order valence-electron chi connectivity index (χ2n) is 8.26. The van der Waals surface area contributed by atoms with E-state index in [9.17, 15) is 0 Å². The van der Waals surface area contributed by atoms with Crippen LogP contribution in [0, 0.1) is 0 Å². The van der Waals surface area contributed by atoms with E-state index >= 15 is 0 Å². The Kier molecular flexibility index (Phi) is 8.35. The minimum absolute atomic E-state index is 0.800. The van der Waals surface area contributed by atoms with Crippen molar-refractivity contribution in [3.8, 4) is 11.5 Å². The molecule has 0 N–H and O–H groups in total. The molecule has 0 radical (unpaired) electrons. The molecule has 0 saturated heterocycles. The smallest absolute Gasteiger partial charge is 0.128 e. The molecule has 0 aromatic heterocycles. The molecule has 8 heterocycles. The molecule has 0 spiro atoms. The predicted octanol–water partition coefficient (Wildman–Crippen LogP) is 10.4. The van der Waals surface area contributed by atoms with Crippen LogP contribution >= 0.6 is 94.1 Å². The predicted molar refractivity (Wildman–Crippen MR) is 164 cm³/mol. The first-order valence-electron chi connectivity index (χ1n) is 11.7. The van der Waals surface area contributed by atoms with E-state index < -0.39 is 0 Å². The van der Waals surface area contributed by atoms with Crippen molar-refractivity contribution in [3.05, 3.63) is 47.7 Å². The third kappa shape index (κ3) is 4.85. The van der Waals surface area contributed by atoms with E-state index in [1.54, 1.807) is 0 Å². The van der Waals surface area contributed by atoms with E-state index in [4.69, 9.17) is 9.47 Å². The fourth-order valence-corrected chi connectivity index (χ4v) is 16.3. The highest BCUT2D eigenvalue weighted by atomic mass is 32.3. The van der Waals surface area contributed by atoms with Gasteiger partial charge in [0.15, 0.2) is 0 Å². The highest BCUT2D eigenvalue weighted by Crippen LogP contribution is 2.69. The summed E-state index contributed by atoms with van der Waals surface area (Å²) in [5.41, 5.74) is 5.56. The maximum Gasteiger partial charge on any atom is 0.128 e. The van der Waals surface area contributed by atoms with Crippen LogP contribution in [0.4, 0.5) is 0 Å². The van der Waals surface area contributed by atoms with E-state index in [0.29, 0.717) is 0 Å². The Morgan fingerprint density at radius 1 is 0.500 bits per heavy atom. The van der Waals surface area contributed by atoms with Gasteiger partial charge in [-0.05, 0) is 12.8 Å². The molecule has 8 aliphatic heterocycles. The molecular weight excluding hydrogens is 577 g/mol. The monoisotopic (exact) mass is 602 g/mol. The van der Waals surface area contributed by atoms with Crippen LogP contribution in [-0.4, -0.2) is 13.2 Å². The topological polar surface area (TPSA) is 18.5 Å². The first-order chi connectivity index (χ1) is 16.8. The van der Waals surface area contributed by atoms with Gasteiger partial charge in [0.2, 0.25) is 0 Å². The van der Waals surface area contributed by atoms with E-state index in [2.05, 4.69) is 13.8 Å². The highest BCUT2D eigenvalue weighted by molar-refractivity contribution is 8.44. The van der Waals surface area contributed by atoms with Gasteiger partial charge in [-0.15, -0.1) is 47.0 Å². The number of benzene rings is 1. The minimum atomic E-state index is 0.800. The summed E-state index contributed by atoms with van der Waals surface area (Å²) in [5, 5.41) is 0. The molecule has 34 heavy (non-hydrogen) atoms. The summed E-state index contributed by atoms with van der Waals surface area (Å²) in [7, 11) is 0. The summed E-state index contributed by atoms with van der Waals surface area (Å²) in [4.78, 5) is 0. The van der Waals surface area contributed by atoms with Crippen molar-refractivity contribution in [3.63, 3.8) is 0 Å². The summed E-state index contributed by atoms with van der Waals surface area (Å²) in [6.07, 6.45) is 4.51. The molecule has 10 heteroatoms. The Balaban J connectivity index is 1.55. The Bertz CT molecular complexity index is 953. The summed E-state index contributed by atoms with van der Waals surface area (Å²) in [6.45, 7) is 6.08. The van der Waals surface area contributed by atoms with Crippen molar-refractivity contribution in [2.75, 3.05) is 13.2 Å². The number of unbranched alkanes of at least 4 members (excludes halogenated alkanes) is 2. The Hall–Kier alpha value is 0.840. The van der Waals surface area contributed by atoms with Gasteiger partial charge in [-0.25, -0.2) is 0 Å². The van der Waals surface area contributed by atoms with Crippen LogP contribution in [0.5, 0.6) is 11.5 Å². The molecule has 0 unspecified atom stereocenters. The van der Waals surface area contributed by atoms with Gasteiger partial charge in [0.25, 0.3) is 0 Å². The number of ether oxygens (including phenoxy) is 2. The largest absolute Gasteiger partial charge is 0.493 e. The summed E-state index contributed by atoms with van der Waals surface area (Å²) >= 11 is 16.1. The maximum absolute atomic E-state index is 6.68. The third-order valence-electron chi connectivity index (χ3n) is 5.95. The van der Waals surface area contributed by atoms with Crippen molar-refractivity contribution < 1.29 is 9.47 Å². The second-order valence-corrected chi connectivity index (χ2v) is 17.8. The average Bonchev–Trinajstić information content (AvgIpc) is 3.45. The molecule has 182 valence electrons. The van der Waals surface area contributed by atoms with Crippen molar-refractivity contribution in [2.24, 2.45) is 0 Å². The SMILES string of the molecule is CCCCOc1c2c3c(OCCCC)c4c1CSC1=C(SC3)SC(=C3SC(=C(SC4)S3)SC2)S1. The van der Waals surface area contributed by atoms with Gasteiger partial charge < -0.3 is 9.47 Å². The van der Waals surface area contributed by atoms with E-state index in [-0.39, 0.29) is 0 Å².